The Morgan fingerprint density at radius 1 is 1.20 bits per heavy atom. The summed E-state index contributed by atoms with van der Waals surface area (Å²) in [5.74, 6) is -0.268. The van der Waals surface area contributed by atoms with Crippen LogP contribution in [0.2, 0.25) is 0 Å². The van der Waals surface area contributed by atoms with Gasteiger partial charge < -0.3 is 14.9 Å². The van der Waals surface area contributed by atoms with Gasteiger partial charge in [0.05, 0.1) is 6.42 Å². The molecule has 0 bridgehead atoms. The van der Waals surface area contributed by atoms with Crippen molar-refractivity contribution >= 4 is 12.0 Å². The maximum Gasteiger partial charge on any atom is 0.320 e. The minimum absolute atomic E-state index is 0.0136. The molecule has 0 unspecified atom stereocenters. The van der Waals surface area contributed by atoms with E-state index >= 15 is 0 Å². The second-order valence-electron chi connectivity index (χ2n) is 6.78. The van der Waals surface area contributed by atoms with Gasteiger partial charge in [-0.2, -0.15) is 0 Å². The maximum atomic E-state index is 12.5. The van der Waals surface area contributed by atoms with Gasteiger partial charge in [-0.3, -0.25) is 4.79 Å². The molecule has 0 saturated heterocycles. The molecule has 1 aliphatic rings. The summed E-state index contributed by atoms with van der Waals surface area (Å²) in [5, 5.41) is 8.83. The Bertz CT molecular complexity index is 344. The van der Waals surface area contributed by atoms with E-state index in [1.54, 1.807) is 9.80 Å². The highest BCUT2D eigenvalue weighted by molar-refractivity contribution is 5.76. The van der Waals surface area contributed by atoms with Crippen LogP contribution in [0.15, 0.2) is 0 Å². The van der Waals surface area contributed by atoms with Crippen LogP contribution in [0.3, 0.4) is 0 Å². The number of nitrogens with zero attached hydrogens (tertiary/aromatic N) is 2. The van der Waals surface area contributed by atoms with Crippen molar-refractivity contribution in [3.63, 3.8) is 0 Å². The molecule has 0 aromatic rings. The Morgan fingerprint density at radius 2 is 1.75 bits per heavy atom. The summed E-state index contributed by atoms with van der Waals surface area (Å²) in [7, 11) is 1.82. The van der Waals surface area contributed by atoms with Crippen molar-refractivity contribution in [3.05, 3.63) is 0 Å². The molecule has 1 N–H and O–H groups in total. The van der Waals surface area contributed by atoms with Crippen LogP contribution in [0.25, 0.3) is 0 Å². The van der Waals surface area contributed by atoms with E-state index < -0.39 is 5.97 Å². The molecule has 1 aliphatic carbocycles. The van der Waals surface area contributed by atoms with Gasteiger partial charge in [0, 0.05) is 25.7 Å². The zero-order chi connectivity index (χ0) is 15.3. The highest BCUT2D eigenvalue weighted by atomic mass is 16.4. The van der Waals surface area contributed by atoms with E-state index in [1.165, 1.54) is 25.7 Å². The summed E-state index contributed by atoms with van der Waals surface area (Å²) in [6.45, 7) is 6.85. The fourth-order valence-electron chi connectivity index (χ4n) is 2.79. The fraction of sp³-hybridized carbons (Fsp3) is 0.867. The average Bonchev–Trinajstić information content (AvgIpc) is 2.79. The number of hydrogen-bond acceptors (Lipinski definition) is 2. The molecule has 0 aromatic heterocycles. The lowest BCUT2D eigenvalue weighted by atomic mass is 10.1. The summed E-state index contributed by atoms with van der Waals surface area (Å²) in [5.41, 5.74) is -0.365. The van der Waals surface area contributed by atoms with E-state index in [2.05, 4.69) is 0 Å². The summed E-state index contributed by atoms with van der Waals surface area (Å²) >= 11 is 0. The first-order chi connectivity index (χ1) is 9.21. The zero-order valence-corrected chi connectivity index (χ0v) is 13.2. The summed E-state index contributed by atoms with van der Waals surface area (Å²) in [6.07, 6.45) is 4.90. The molecule has 116 valence electrons. The average molecular weight is 284 g/mol. The third-order valence-corrected chi connectivity index (χ3v) is 3.92. The summed E-state index contributed by atoms with van der Waals surface area (Å²) < 4.78 is 0. The van der Waals surface area contributed by atoms with Gasteiger partial charge in [0.2, 0.25) is 0 Å². The highest BCUT2D eigenvalue weighted by Gasteiger charge is 2.30. The van der Waals surface area contributed by atoms with Crippen LogP contribution < -0.4 is 0 Å². The van der Waals surface area contributed by atoms with Gasteiger partial charge in [0.1, 0.15) is 0 Å². The first kappa shape index (κ1) is 16.8. The molecule has 1 saturated carbocycles. The molecule has 5 nitrogen and oxygen atoms in total. The van der Waals surface area contributed by atoms with Crippen molar-refractivity contribution in [2.24, 2.45) is 5.92 Å². The number of aliphatic carboxylic acids is 1. The molecular weight excluding hydrogens is 256 g/mol. The first-order valence-electron chi connectivity index (χ1n) is 7.46. The van der Waals surface area contributed by atoms with Crippen molar-refractivity contribution in [2.45, 2.75) is 58.4 Å². The molecule has 1 rings (SSSR count). The van der Waals surface area contributed by atoms with E-state index in [4.69, 9.17) is 5.11 Å². The monoisotopic (exact) mass is 284 g/mol. The Morgan fingerprint density at radius 3 is 2.20 bits per heavy atom. The lowest BCUT2D eigenvalue weighted by Gasteiger charge is -2.38. The number of rotatable bonds is 5. The molecule has 0 spiro atoms. The van der Waals surface area contributed by atoms with Gasteiger partial charge in [-0.05, 0) is 39.5 Å². The van der Waals surface area contributed by atoms with E-state index in [9.17, 15) is 9.59 Å². The number of carboxylic acids is 1. The van der Waals surface area contributed by atoms with Gasteiger partial charge in [-0.15, -0.1) is 0 Å². The Balaban J connectivity index is 2.63. The Labute approximate surface area is 121 Å². The van der Waals surface area contributed by atoms with E-state index in [1.807, 2.05) is 27.8 Å². The second kappa shape index (κ2) is 6.95. The fourth-order valence-corrected chi connectivity index (χ4v) is 2.79. The van der Waals surface area contributed by atoms with Crippen molar-refractivity contribution in [2.75, 3.05) is 20.1 Å². The number of carbonyl (C=O) groups is 2. The first-order valence-corrected chi connectivity index (χ1v) is 7.46. The minimum atomic E-state index is -0.870. The minimum Gasteiger partial charge on any atom is -0.481 e. The molecule has 5 heteroatoms. The van der Waals surface area contributed by atoms with Crippen molar-refractivity contribution in [1.29, 1.82) is 0 Å². The predicted octanol–water partition coefficient (Wildman–Crippen LogP) is 2.80. The van der Waals surface area contributed by atoms with Crippen LogP contribution in [-0.2, 0) is 4.79 Å². The number of carbonyl (C=O) groups excluding carboxylic acids is 1. The second-order valence-corrected chi connectivity index (χ2v) is 6.78. The molecule has 0 heterocycles. The lowest BCUT2D eigenvalue weighted by molar-refractivity contribution is -0.137. The van der Waals surface area contributed by atoms with Crippen LogP contribution in [0.4, 0.5) is 4.79 Å². The quantitative estimate of drug-likeness (QED) is 0.844. The molecule has 0 radical (unpaired) electrons. The highest BCUT2D eigenvalue weighted by Crippen LogP contribution is 2.26. The predicted molar refractivity (Wildman–Crippen MR) is 78.7 cm³/mol. The van der Waals surface area contributed by atoms with Crippen LogP contribution in [0.5, 0.6) is 0 Å². The molecule has 0 aliphatic heterocycles. The smallest absolute Gasteiger partial charge is 0.320 e. The van der Waals surface area contributed by atoms with E-state index in [0.717, 1.165) is 6.54 Å². The van der Waals surface area contributed by atoms with Crippen molar-refractivity contribution in [1.82, 2.24) is 9.80 Å². The van der Waals surface area contributed by atoms with Crippen molar-refractivity contribution < 1.29 is 14.7 Å². The molecular formula is C15H28N2O3. The molecule has 1 fully saturated rings. The normalized spacial score (nSPS) is 16.2. The third kappa shape index (κ3) is 5.02. The lowest BCUT2D eigenvalue weighted by Crippen LogP contribution is -2.52. The van der Waals surface area contributed by atoms with Gasteiger partial charge in [0.25, 0.3) is 0 Å². The van der Waals surface area contributed by atoms with E-state index in [0.29, 0.717) is 5.92 Å². The Kier molecular flexibility index (Phi) is 5.84. The molecule has 0 atom stereocenters. The van der Waals surface area contributed by atoms with Crippen LogP contribution in [-0.4, -0.2) is 52.6 Å². The van der Waals surface area contributed by atoms with Gasteiger partial charge in [-0.1, -0.05) is 12.8 Å². The summed E-state index contributed by atoms with van der Waals surface area (Å²) in [4.78, 5) is 26.7. The van der Waals surface area contributed by atoms with Gasteiger partial charge >= 0.3 is 12.0 Å². The summed E-state index contributed by atoms with van der Waals surface area (Å²) in [6, 6.07) is -0.0642. The zero-order valence-electron chi connectivity index (χ0n) is 13.2. The van der Waals surface area contributed by atoms with Crippen molar-refractivity contribution in [3.8, 4) is 0 Å². The number of hydrogen-bond donors (Lipinski definition) is 1. The SMILES string of the molecule is CN(CC1CCCC1)C(=O)N(CCC(=O)O)C(C)(C)C. The van der Waals surface area contributed by atoms with E-state index in [-0.39, 0.29) is 24.5 Å². The molecule has 20 heavy (non-hydrogen) atoms. The largest absolute Gasteiger partial charge is 0.481 e. The van der Waals surface area contributed by atoms with Crippen LogP contribution >= 0.6 is 0 Å². The van der Waals surface area contributed by atoms with Crippen LogP contribution in [0.1, 0.15) is 52.9 Å². The maximum absolute atomic E-state index is 12.5. The molecule has 0 aromatic carbocycles. The van der Waals surface area contributed by atoms with Gasteiger partial charge in [0.15, 0.2) is 0 Å². The number of amides is 2. The van der Waals surface area contributed by atoms with Crippen LogP contribution in [0, 0.1) is 5.92 Å². The number of urea groups is 1. The Hall–Kier alpha value is -1.26. The van der Waals surface area contributed by atoms with Gasteiger partial charge in [-0.25, -0.2) is 4.79 Å². The molecule has 2 amide bonds. The third-order valence-electron chi connectivity index (χ3n) is 3.92. The number of carboxylic acid groups (broad SMARTS) is 1. The topological polar surface area (TPSA) is 60.9 Å². The standard InChI is InChI=1S/C15H28N2O3/c1-15(2,3)17(10-9-13(18)19)14(20)16(4)11-12-7-5-6-8-12/h12H,5-11H2,1-4H3,(H,18,19).